The van der Waals surface area contributed by atoms with Gasteiger partial charge in [-0.2, -0.15) is 0 Å². The third-order valence-electron chi connectivity index (χ3n) is 1.64. The van der Waals surface area contributed by atoms with Gasteiger partial charge in [0.1, 0.15) is 0 Å². The summed E-state index contributed by atoms with van der Waals surface area (Å²) in [5.41, 5.74) is 0. The Morgan fingerprint density at radius 3 is 3.30 bits per heavy atom. The number of hydrogen-bond donors (Lipinski definition) is 2. The van der Waals surface area contributed by atoms with Crippen LogP contribution in [0.15, 0.2) is 17.3 Å². The Labute approximate surface area is 58.0 Å². The minimum absolute atomic E-state index is 0.0336. The number of carbonyl (C=O) groups excluding carboxylic acids is 1. The number of carbonyl (C=O) groups is 1. The largest absolute Gasteiger partial charge is 0.367 e. The molecule has 0 radical (unpaired) electrons. The molecule has 4 heteroatoms. The number of fused-ring (bicyclic) bond motifs is 1. The van der Waals surface area contributed by atoms with Crippen molar-refractivity contribution in [2.45, 2.75) is 12.1 Å². The molecule has 2 atom stereocenters. The molecule has 2 aliphatic rings. The van der Waals surface area contributed by atoms with E-state index in [1.165, 1.54) is 0 Å². The lowest BCUT2D eigenvalue weighted by Crippen LogP contribution is -2.43. The second kappa shape index (κ2) is 1.83. The van der Waals surface area contributed by atoms with Crippen molar-refractivity contribution < 1.29 is 4.79 Å². The number of hydrogen-bond acceptors (Lipinski definition) is 3. The van der Waals surface area contributed by atoms with Gasteiger partial charge < -0.3 is 10.6 Å². The smallest absolute Gasteiger partial charge is 0.251 e. The van der Waals surface area contributed by atoms with E-state index in [1.54, 1.807) is 12.5 Å². The van der Waals surface area contributed by atoms with Crippen LogP contribution < -0.4 is 10.6 Å². The van der Waals surface area contributed by atoms with E-state index in [2.05, 4.69) is 15.6 Å². The zero-order valence-electron chi connectivity index (χ0n) is 5.24. The average molecular weight is 137 g/mol. The molecule has 0 aliphatic carbocycles. The van der Waals surface area contributed by atoms with Crippen molar-refractivity contribution in [1.29, 1.82) is 0 Å². The predicted octanol–water partition coefficient (Wildman–Crippen LogP) is -1.00. The topological polar surface area (TPSA) is 53.5 Å². The second-order valence-electron chi connectivity index (χ2n) is 2.28. The normalized spacial score (nSPS) is 35.0. The summed E-state index contributed by atoms with van der Waals surface area (Å²) in [6, 6.07) is -0.168. The van der Waals surface area contributed by atoms with E-state index >= 15 is 0 Å². The summed E-state index contributed by atoms with van der Waals surface area (Å²) in [5.74, 6) is -0.0336. The van der Waals surface area contributed by atoms with Crippen LogP contribution in [-0.4, -0.2) is 24.3 Å². The summed E-state index contributed by atoms with van der Waals surface area (Å²) < 4.78 is 0. The van der Waals surface area contributed by atoms with Gasteiger partial charge in [-0.15, -0.1) is 0 Å². The summed E-state index contributed by atoms with van der Waals surface area (Å²) in [6.07, 6.45) is 5.11. The first kappa shape index (κ1) is 5.46. The van der Waals surface area contributed by atoms with Gasteiger partial charge in [0.25, 0.3) is 5.91 Å². The minimum Gasteiger partial charge on any atom is -0.367 e. The van der Waals surface area contributed by atoms with Crippen molar-refractivity contribution in [3.8, 4) is 0 Å². The Hall–Kier alpha value is -1.32. The average Bonchev–Trinajstić information content (AvgIpc) is 2.36. The molecular weight excluding hydrogens is 130 g/mol. The van der Waals surface area contributed by atoms with Gasteiger partial charge in [0.05, 0.1) is 12.4 Å². The van der Waals surface area contributed by atoms with Gasteiger partial charge in [0.15, 0.2) is 6.04 Å². The zero-order valence-corrected chi connectivity index (χ0v) is 5.24. The standard InChI is InChI=1S/C6H7N3O/c10-6-5-4(1-2-7-6)8-3-9-5/h1-5H,(H,7,10)(H,8,9). The lowest BCUT2D eigenvalue weighted by atomic mass is 10.1. The first-order valence-corrected chi connectivity index (χ1v) is 3.13. The summed E-state index contributed by atoms with van der Waals surface area (Å²) in [6.45, 7) is 0. The van der Waals surface area contributed by atoms with Crippen LogP contribution in [0.3, 0.4) is 0 Å². The number of rotatable bonds is 0. The van der Waals surface area contributed by atoms with Crippen molar-refractivity contribution in [3.05, 3.63) is 12.3 Å². The van der Waals surface area contributed by atoms with Crippen LogP contribution >= 0.6 is 0 Å². The first-order chi connectivity index (χ1) is 4.88. The van der Waals surface area contributed by atoms with Crippen LogP contribution in [0.5, 0.6) is 0 Å². The van der Waals surface area contributed by atoms with Crippen molar-refractivity contribution in [2.24, 2.45) is 4.99 Å². The van der Waals surface area contributed by atoms with Gasteiger partial charge in [0.2, 0.25) is 0 Å². The minimum atomic E-state index is -0.245. The molecule has 2 aliphatic heterocycles. The molecule has 2 rings (SSSR count). The van der Waals surface area contributed by atoms with Gasteiger partial charge in [-0.1, -0.05) is 0 Å². The molecular formula is C6H7N3O. The maximum atomic E-state index is 11.0. The molecule has 0 aromatic carbocycles. The van der Waals surface area contributed by atoms with Crippen molar-refractivity contribution in [3.63, 3.8) is 0 Å². The summed E-state index contributed by atoms with van der Waals surface area (Å²) >= 11 is 0. The van der Waals surface area contributed by atoms with E-state index in [-0.39, 0.29) is 18.0 Å². The van der Waals surface area contributed by atoms with Gasteiger partial charge in [0, 0.05) is 6.20 Å². The lowest BCUT2D eigenvalue weighted by molar-refractivity contribution is -0.121. The molecule has 0 aromatic heterocycles. The molecule has 0 aromatic rings. The lowest BCUT2D eigenvalue weighted by Gasteiger charge is -2.17. The van der Waals surface area contributed by atoms with Crippen LogP contribution in [0.25, 0.3) is 0 Å². The quantitative estimate of drug-likeness (QED) is 0.450. The van der Waals surface area contributed by atoms with Crippen LogP contribution in [-0.2, 0) is 4.79 Å². The molecule has 0 fully saturated rings. The summed E-state index contributed by atoms with van der Waals surface area (Å²) in [4.78, 5) is 14.9. The molecule has 1 amide bonds. The van der Waals surface area contributed by atoms with Crippen molar-refractivity contribution in [2.75, 3.05) is 0 Å². The summed E-state index contributed by atoms with van der Waals surface area (Å²) in [7, 11) is 0. The molecule has 4 nitrogen and oxygen atoms in total. The summed E-state index contributed by atoms with van der Waals surface area (Å²) in [5, 5.41) is 5.53. The van der Waals surface area contributed by atoms with Crippen molar-refractivity contribution >= 4 is 12.2 Å². The van der Waals surface area contributed by atoms with E-state index in [1.807, 2.05) is 6.08 Å². The number of aliphatic imine (C=N–C) groups is 1. The Balaban J connectivity index is 2.28. The highest BCUT2D eigenvalue weighted by atomic mass is 16.2. The van der Waals surface area contributed by atoms with E-state index < -0.39 is 0 Å². The number of nitrogens with zero attached hydrogens (tertiary/aromatic N) is 1. The van der Waals surface area contributed by atoms with Gasteiger partial charge in [-0.3, -0.25) is 9.79 Å². The maximum Gasteiger partial charge on any atom is 0.251 e. The highest BCUT2D eigenvalue weighted by molar-refractivity contribution is 5.88. The highest BCUT2D eigenvalue weighted by Crippen LogP contribution is 2.08. The second-order valence-corrected chi connectivity index (χ2v) is 2.28. The monoisotopic (exact) mass is 137 g/mol. The third-order valence-corrected chi connectivity index (χ3v) is 1.64. The fraction of sp³-hybridized carbons (Fsp3) is 0.333. The van der Waals surface area contributed by atoms with Gasteiger partial charge >= 0.3 is 0 Å². The molecule has 0 saturated carbocycles. The molecule has 0 spiro atoms. The molecule has 2 unspecified atom stereocenters. The molecule has 0 bridgehead atoms. The first-order valence-electron chi connectivity index (χ1n) is 3.13. The van der Waals surface area contributed by atoms with Crippen LogP contribution in [0, 0.1) is 0 Å². The third kappa shape index (κ3) is 0.618. The molecule has 10 heavy (non-hydrogen) atoms. The van der Waals surface area contributed by atoms with E-state index in [4.69, 9.17) is 0 Å². The molecule has 52 valence electrons. The Morgan fingerprint density at radius 2 is 2.50 bits per heavy atom. The number of amides is 1. The molecule has 2 heterocycles. The molecule has 2 N–H and O–H groups in total. The SMILES string of the molecule is O=C1NC=CC2NC=NC12. The van der Waals surface area contributed by atoms with E-state index in [9.17, 15) is 4.79 Å². The highest BCUT2D eigenvalue weighted by Gasteiger charge is 2.30. The van der Waals surface area contributed by atoms with Gasteiger partial charge in [-0.25, -0.2) is 0 Å². The fourth-order valence-corrected chi connectivity index (χ4v) is 1.10. The Kier molecular flexibility index (Phi) is 1.00. The number of nitrogens with one attached hydrogen (secondary N) is 2. The Bertz CT molecular complexity index is 221. The predicted molar refractivity (Wildman–Crippen MR) is 36.5 cm³/mol. The van der Waals surface area contributed by atoms with Crippen LogP contribution in [0.4, 0.5) is 0 Å². The fourth-order valence-electron chi connectivity index (χ4n) is 1.10. The van der Waals surface area contributed by atoms with E-state index in [0.717, 1.165) is 0 Å². The maximum absolute atomic E-state index is 11.0. The van der Waals surface area contributed by atoms with E-state index in [0.29, 0.717) is 0 Å². The van der Waals surface area contributed by atoms with Crippen molar-refractivity contribution in [1.82, 2.24) is 10.6 Å². The van der Waals surface area contributed by atoms with Crippen LogP contribution in [0.1, 0.15) is 0 Å². The zero-order chi connectivity index (χ0) is 6.97. The van der Waals surface area contributed by atoms with Gasteiger partial charge in [-0.05, 0) is 6.08 Å². The molecule has 0 saturated heterocycles. The van der Waals surface area contributed by atoms with Crippen LogP contribution in [0.2, 0.25) is 0 Å². The Morgan fingerprint density at radius 1 is 1.60 bits per heavy atom.